The number of carboxylic acids is 2. The van der Waals surface area contributed by atoms with E-state index in [0.717, 1.165) is 28.4 Å². The lowest BCUT2D eigenvalue weighted by atomic mass is 9.98. The molecular weight excluding hydrogens is 528 g/mol. The number of carbonyl (C=O) groups excluding carboxylic acids is 2. The van der Waals surface area contributed by atoms with Crippen molar-refractivity contribution >= 4 is 70.8 Å². The van der Waals surface area contributed by atoms with Crippen molar-refractivity contribution in [3.05, 3.63) is 21.1 Å². The zero-order chi connectivity index (χ0) is 24.8. The van der Waals surface area contributed by atoms with E-state index in [0.29, 0.717) is 20.7 Å². The molecule has 4 rings (SSSR count). The summed E-state index contributed by atoms with van der Waals surface area (Å²) in [5.41, 5.74) is -1.19. The average molecular weight is 547 g/mol. The van der Waals surface area contributed by atoms with Crippen molar-refractivity contribution < 1.29 is 34.1 Å². The van der Waals surface area contributed by atoms with Crippen molar-refractivity contribution in [2.45, 2.75) is 27.8 Å². The van der Waals surface area contributed by atoms with E-state index in [2.05, 4.69) is 20.8 Å². The summed E-state index contributed by atoms with van der Waals surface area (Å²) in [7, 11) is 2.93. The molecule has 182 valence electrons. The number of fused-ring (bicyclic) bond motifs is 1. The lowest BCUT2D eigenvalue weighted by molar-refractivity contribution is -0.192. The van der Waals surface area contributed by atoms with Gasteiger partial charge in [0.2, 0.25) is 11.1 Å². The van der Waals surface area contributed by atoms with Gasteiger partial charge >= 0.3 is 11.9 Å². The van der Waals surface area contributed by atoms with Gasteiger partial charge in [-0.25, -0.2) is 14.3 Å². The Bertz CT molecular complexity index is 1150. The van der Waals surface area contributed by atoms with E-state index in [1.54, 1.807) is 7.05 Å². The highest BCUT2D eigenvalue weighted by Crippen LogP contribution is 2.53. The van der Waals surface area contributed by atoms with Crippen LogP contribution in [-0.4, -0.2) is 93.4 Å². The summed E-state index contributed by atoms with van der Waals surface area (Å²) >= 11 is 4.70. The molecule has 0 radical (unpaired) electrons. The molecule has 4 heterocycles. The third-order valence-corrected chi connectivity index (χ3v) is 10.7. The number of nitrogens with one attached hydrogen (secondary N) is 1. The SMILES string of the molecule is CO[C@@]1(NC(=O)C2SC(=C(C)C(=O)O)S2)C(=O)N2C(C(=O)O)=C(CSc3nnnn3C)CS[C@@H]21. The number of aryl methyl sites for hydroxylation is 1. The zero-order valence-electron chi connectivity index (χ0n) is 17.9. The van der Waals surface area contributed by atoms with Crippen molar-refractivity contribution in [1.29, 1.82) is 0 Å². The number of ether oxygens (including phenoxy) is 1. The van der Waals surface area contributed by atoms with Gasteiger partial charge < -0.3 is 20.3 Å². The second-order valence-electron chi connectivity index (χ2n) is 7.18. The molecule has 3 aliphatic rings. The largest absolute Gasteiger partial charge is 0.478 e. The average Bonchev–Trinajstić information content (AvgIpc) is 3.18. The molecule has 1 aromatic rings. The fraction of sp³-hybridized carbons (Fsp3) is 0.471. The van der Waals surface area contributed by atoms with Crippen molar-refractivity contribution in [3.63, 3.8) is 0 Å². The van der Waals surface area contributed by atoms with Crippen LogP contribution < -0.4 is 5.32 Å². The quantitative estimate of drug-likeness (QED) is 0.173. The lowest BCUT2D eigenvalue weighted by Gasteiger charge is -2.56. The van der Waals surface area contributed by atoms with Crippen LogP contribution in [0.4, 0.5) is 0 Å². The summed E-state index contributed by atoms with van der Waals surface area (Å²) in [5.74, 6) is -2.96. The van der Waals surface area contributed by atoms with Crippen LogP contribution in [0.3, 0.4) is 0 Å². The zero-order valence-corrected chi connectivity index (χ0v) is 21.1. The second-order valence-corrected chi connectivity index (χ2v) is 12.0. The van der Waals surface area contributed by atoms with Gasteiger partial charge in [0.15, 0.2) is 0 Å². The number of hydrogen-bond donors (Lipinski definition) is 3. The Kier molecular flexibility index (Phi) is 6.92. The van der Waals surface area contributed by atoms with E-state index in [1.807, 2.05) is 0 Å². The summed E-state index contributed by atoms with van der Waals surface area (Å²) in [5, 5.41) is 32.4. The first kappa shape index (κ1) is 24.9. The third-order valence-electron chi connectivity index (χ3n) is 5.17. The maximum absolute atomic E-state index is 13.2. The number of rotatable bonds is 8. The molecule has 0 spiro atoms. The van der Waals surface area contributed by atoms with Crippen molar-refractivity contribution in [2.24, 2.45) is 7.05 Å². The van der Waals surface area contributed by atoms with Gasteiger partial charge in [-0.3, -0.25) is 14.5 Å². The minimum absolute atomic E-state index is 0.145. The van der Waals surface area contributed by atoms with Crippen molar-refractivity contribution in [3.8, 4) is 0 Å². The first-order valence-corrected chi connectivity index (χ1v) is 13.3. The summed E-state index contributed by atoms with van der Waals surface area (Å²) in [6.07, 6.45) is 0. The molecule has 0 bridgehead atoms. The molecule has 0 aliphatic carbocycles. The van der Waals surface area contributed by atoms with Crippen molar-refractivity contribution in [2.75, 3.05) is 18.6 Å². The van der Waals surface area contributed by atoms with Crippen LogP contribution in [0.5, 0.6) is 0 Å². The Morgan fingerprint density at radius 1 is 1.32 bits per heavy atom. The van der Waals surface area contributed by atoms with E-state index in [4.69, 9.17) is 9.84 Å². The molecular formula is C17H18N6O7S4. The van der Waals surface area contributed by atoms with E-state index >= 15 is 0 Å². The Hall–Kier alpha value is -2.21. The number of thioether (sulfide) groups is 4. The van der Waals surface area contributed by atoms with Crippen LogP contribution in [0.15, 0.2) is 26.2 Å². The Balaban J connectivity index is 1.49. The molecule has 3 aliphatic heterocycles. The van der Waals surface area contributed by atoms with Crippen molar-refractivity contribution in [1.82, 2.24) is 30.4 Å². The number of hydrogen-bond acceptors (Lipinski definition) is 12. The van der Waals surface area contributed by atoms with Crippen LogP contribution in [0.25, 0.3) is 0 Å². The van der Waals surface area contributed by atoms with Crippen LogP contribution in [0.1, 0.15) is 6.92 Å². The fourth-order valence-electron chi connectivity index (χ4n) is 3.37. The lowest BCUT2D eigenvalue weighted by Crippen LogP contribution is -2.81. The standard InChI is InChI=1S/C17H18N6O7S4/c1-6(10(25)26)12-33-13(34-12)9(24)18-17(30-3)14(29)23-8(11(27)28)7(4-31-15(17)23)5-32-16-19-20-21-22(16)2/h13,15H,4-5H2,1-3H3,(H,18,24)(H,25,26)(H,27,28)/t13?,15-,17+/m1/s1. The molecule has 1 aromatic heterocycles. The van der Waals surface area contributed by atoms with Crippen LogP contribution in [0.2, 0.25) is 0 Å². The number of amides is 2. The number of nitrogens with zero attached hydrogens (tertiary/aromatic N) is 5. The number of tetrazole rings is 1. The van der Waals surface area contributed by atoms with E-state index in [1.165, 1.54) is 42.2 Å². The van der Waals surface area contributed by atoms with Gasteiger partial charge in [-0.2, -0.15) is 0 Å². The number of carbonyl (C=O) groups is 4. The van der Waals surface area contributed by atoms with Gasteiger partial charge in [0, 0.05) is 25.7 Å². The molecule has 2 atom stereocenters. The maximum Gasteiger partial charge on any atom is 0.352 e. The Morgan fingerprint density at radius 3 is 2.59 bits per heavy atom. The topological polar surface area (TPSA) is 177 Å². The number of aromatic nitrogens is 4. The molecule has 2 amide bonds. The smallest absolute Gasteiger partial charge is 0.352 e. The number of methoxy groups -OCH3 is 1. The summed E-state index contributed by atoms with van der Waals surface area (Å²) in [6, 6.07) is 0. The maximum atomic E-state index is 13.2. The van der Waals surface area contributed by atoms with Gasteiger partial charge in [-0.05, 0) is 22.9 Å². The minimum atomic E-state index is -1.71. The van der Waals surface area contributed by atoms with Gasteiger partial charge in [0.05, 0.1) is 9.81 Å². The summed E-state index contributed by atoms with van der Waals surface area (Å²) < 4.78 is 6.77. The van der Waals surface area contributed by atoms with Gasteiger partial charge in [0.1, 0.15) is 15.7 Å². The minimum Gasteiger partial charge on any atom is -0.478 e. The normalized spacial score (nSPS) is 25.9. The van der Waals surface area contributed by atoms with Crippen LogP contribution in [0, 0.1) is 0 Å². The Labute approximate surface area is 209 Å². The van der Waals surface area contributed by atoms with E-state index in [-0.39, 0.29) is 17.0 Å². The van der Waals surface area contributed by atoms with Gasteiger partial charge in [-0.15, -0.1) is 16.9 Å². The summed E-state index contributed by atoms with van der Waals surface area (Å²) in [6.45, 7) is 1.45. The molecule has 17 heteroatoms. The molecule has 0 aromatic carbocycles. The highest BCUT2D eigenvalue weighted by Gasteiger charge is 2.67. The fourth-order valence-corrected chi connectivity index (χ4v) is 7.93. The predicted octanol–water partition coefficient (Wildman–Crippen LogP) is 0.137. The number of aliphatic carboxylic acids is 2. The Morgan fingerprint density at radius 2 is 2.03 bits per heavy atom. The highest BCUT2D eigenvalue weighted by molar-refractivity contribution is 8.39. The molecule has 2 fully saturated rings. The number of carboxylic acid groups (broad SMARTS) is 2. The molecule has 3 N–H and O–H groups in total. The monoisotopic (exact) mass is 546 g/mol. The molecule has 2 saturated heterocycles. The predicted molar refractivity (Wildman–Crippen MR) is 124 cm³/mol. The third kappa shape index (κ3) is 4.08. The number of β-lactam (4-membered cyclic amide) rings is 1. The van der Waals surface area contributed by atoms with Crippen LogP contribution in [-0.2, 0) is 31.0 Å². The molecule has 0 unspecified atom stereocenters. The second kappa shape index (κ2) is 9.44. The molecule has 34 heavy (non-hydrogen) atoms. The van der Waals surface area contributed by atoms with Gasteiger partial charge in [0.25, 0.3) is 11.6 Å². The first-order chi connectivity index (χ1) is 16.1. The van der Waals surface area contributed by atoms with E-state index < -0.39 is 39.4 Å². The molecule has 13 nitrogen and oxygen atoms in total. The highest BCUT2D eigenvalue weighted by atomic mass is 32.3. The van der Waals surface area contributed by atoms with Gasteiger partial charge in [-0.1, -0.05) is 35.3 Å². The van der Waals surface area contributed by atoms with E-state index in [9.17, 15) is 24.3 Å². The first-order valence-electron chi connectivity index (χ1n) is 9.51. The van der Waals surface area contributed by atoms with Crippen LogP contribution >= 0.6 is 47.0 Å². The summed E-state index contributed by atoms with van der Waals surface area (Å²) in [4.78, 5) is 50.2. The molecule has 0 saturated carbocycles.